The fourth-order valence-electron chi connectivity index (χ4n) is 2.31. The molecule has 0 aromatic carbocycles. The van der Waals surface area contributed by atoms with Gasteiger partial charge in [0.25, 0.3) is 0 Å². The van der Waals surface area contributed by atoms with Crippen molar-refractivity contribution in [1.29, 1.82) is 0 Å². The summed E-state index contributed by atoms with van der Waals surface area (Å²) in [7, 11) is 0. The van der Waals surface area contributed by atoms with Gasteiger partial charge in [0.1, 0.15) is 0 Å². The molecule has 1 saturated heterocycles. The largest absolute Gasteiger partial charge is 0.481 e. The van der Waals surface area contributed by atoms with Gasteiger partial charge in [-0.2, -0.15) is 23.5 Å². The zero-order valence-corrected chi connectivity index (χ0v) is 14.3. The Balaban J connectivity index is 2.21. The number of nitrogens with zero attached hydrogens (tertiary/aromatic N) is 1. The first-order valence-corrected chi connectivity index (χ1v) is 10.0. The van der Waals surface area contributed by atoms with Gasteiger partial charge in [-0.25, -0.2) is 4.79 Å². The van der Waals surface area contributed by atoms with Crippen LogP contribution in [0.25, 0.3) is 0 Å². The number of hydrogen-bond acceptors (Lipinski definition) is 4. The van der Waals surface area contributed by atoms with E-state index in [2.05, 4.69) is 11.6 Å². The normalized spacial score (nSPS) is 18.5. The molecular weight excluding hydrogens is 308 g/mol. The van der Waals surface area contributed by atoms with Crippen LogP contribution in [0.15, 0.2) is 0 Å². The van der Waals surface area contributed by atoms with E-state index in [1.807, 2.05) is 11.8 Å². The summed E-state index contributed by atoms with van der Waals surface area (Å²) >= 11 is 3.59. The summed E-state index contributed by atoms with van der Waals surface area (Å²) < 4.78 is 0. The molecule has 1 atom stereocenters. The van der Waals surface area contributed by atoms with Gasteiger partial charge in [-0.15, -0.1) is 0 Å². The van der Waals surface area contributed by atoms with E-state index in [0.29, 0.717) is 18.8 Å². The van der Waals surface area contributed by atoms with Gasteiger partial charge in [0.15, 0.2) is 0 Å². The summed E-state index contributed by atoms with van der Waals surface area (Å²) in [6.07, 6.45) is 6.72. The highest BCUT2D eigenvalue weighted by Crippen LogP contribution is 2.19. The van der Waals surface area contributed by atoms with Crippen molar-refractivity contribution >= 4 is 35.5 Å². The smallest absolute Gasteiger partial charge is 0.317 e. The van der Waals surface area contributed by atoms with Crippen molar-refractivity contribution in [3.63, 3.8) is 0 Å². The first-order chi connectivity index (χ1) is 10.1. The van der Waals surface area contributed by atoms with Crippen LogP contribution in [0, 0.1) is 0 Å². The number of carboxylic acids is 1. The van der Waals surface area contributed by atoms with Crippen LogP contribution < -0.4 is 5.32 Å². The molecule has 1 unspecified atom stereocenters. The number of unbranched alkanes of at least 4 members (excludes halogenated alkanes) is 3. The first kappa shape index (κ1) is 18.5. The second-order valence-corrected chi connectivity index (χ2v) is 7.29. The quantitative estimate of drug-likeness (QED) is 0.634. The summed E-state index contributed by atoms with van der Waals surface area (Å²) in [5.74, 6) is 1.97. The zero-order valence-electron chi connectivity index (χ0n) is 12.7. The Bertz CT molecular complexity index is 329. The van der Waals surface area contributed by atoms with Crippen molar-refractivity contribution in [1.82, 2.24) is 10.2 Å². The third-order valence-corrected chi connectivity index (χ3v) is 5.24. The van der Waals surface area contributed by atoms with Crippen molar-refractivity contribution in [3.05, 3.63) is 0 Å². The molecule has 0 aromatic heterocycles. The van der Waals surface area contributed by atoms with Gasteiger partial charge >= 0.3 is 12.0 Å². The van der Waals surface area contributed by atoms with Crippen molar-refractivity contribution in [2.24, 2.45) is 0 Å². The Morgan fingerprint density at radius 1 is 1.33 bits per heavy atom. The highest BCUT2D eigenvalue weighted by atomic mass is 32.2. The predicted octanol–water partition coefficient (Wildman–Crippen LogP) is 2.51. The maximum atomic E-state index is 12.1. The molecule has 1 fully saturated rings. The lowest BCUT2D eigenvalue weighted by Crippen LogP contribution is -2.51. The highest BCUT2D eigenvalue weighted by molar-refractivity contribution is 7.99. The van der Waals surface area contributed by atoms with E-state index in [9.17, 15) is 9.59 Å². The Morgan fingerprint density at radius 2 is 2.10 bits per heavy atom. The third-order valence-electron chi connectivity index (χ3n) is 3.45. The van der Waals surface area contributed by atoms with Crippen molar-refractivity contribution in [2.75, 3.05) is 36.6 Å². The van der Waals surface area contributed by atoms with Crippen molar-refractivity contribution in [3.8, 4) is 0 Å². The molecule has 0 aromatic rings. The van der Waals surface area contributed by atoms with Crippen LogP contribution in [0.2, 0.25) is 0 Å². The standard InChI is InChI=1S/C14H26N2O3S2/c1-20-8-5-3-2-4-6-15-14(19)16-7-9-21-11-12(16)10-13(17)18/h12H,2-11H2,1H3,(H,15,19)(H,17,18). The topological polar surface area (TPSA) is 69.6 Å². The molecular formula is C14H26N2O3S2. The molecule has 2 N–H and O–H groups in total. The number of urea groups is 1. The second-order valence-electron chi connectivity index (χ2n) is 5.16. The fraction of sp³-hybridized carbons (Fsp3) is 0.857. The molecule has 7 heteroatoms. The number of carbonyl (C=O) groups excluding carboxylic acids is 1. The maximum Gasteiger partial charge on any atom is 0.317 e. The Labute approximate surface area is 135 Å². The lowest BCUT2D eigenvalue weighted by Gasteiger charge is -2.34. The van der Waals surface area contributed by atoms with E-state index >= 15 is 0 Å². The summed E-state index contributed by atoms with van der Waals surface area (Å²) in [5.41, 5.74) is 0. The van der Waals surface area contributed by atoms with E-state index in [-0.39, 0.29) is 18.5 Å². The minimum Gasteiger partial charge on any atom is -0.481 e. The minimum atomic E-state index is -0.839. The molecule has 2 amide bonds. The number of thioether (sulfide) groups is 2. The molecule has 21 heavy (non-hydrogen) atoms. The Hall–Kier alpha value is -0.560. The van der Waals surface area contributed by atoms with Gasteiger partial charge in [0, 0.05) is 24.6 Å². The highest BCUT2D eigenvalue weighted by Gasteiger charge is 2.28. The van der Waals surface area contributed by atoms with E-state index in [4.69, 9.17) is 5.11 Å². The number of rotatable bonds is 9. The van der Waals surface area contributed by atoms with Crippen LogP contribution in [-0.4, -0.2) is 64.7 Å². The fourth-order valence-corrected chi connectivity index (χ4v) is 3.87. The van der Waals surface area contributed by atoms with Crippen LogP contribution >= 0.6 is 23.5 Å². The molecule has 0 saturated carbocycles. The van der Waals surface area contributed by atoms with Crippen LogP contribution in [0.5, 0.6) is 0 Å². The maximum absolute atomic E-state index is 12.1. The molecule has 122 valence electrons. The van der Waals surface area contributed by atoms with E-state index in [1.165, 1.54) is 18.6 Å². The SMILES string of the molecule is CSCCCCCCNC(=O)N1CCSCC1CC(=O)O. The van der Waals surface area contributed by atoms with Gasteiger partial charge in [-0.1, -0.05) is 12.8 Å². The predicted molar refractivity (Wildman–Crippen MR) is 90.3 cm³/mol. The van der Waals surface area contributed by atoms with Gasteiger partial charge in [-0.05, 0) is 24.9 Å². The average Bonchev–Trinajstić information content (AvgIpc) is 2.46. The second kappa shape index (κ2) is 11.1. The lowest BCUT2D eigenvalue weighted by molar-refractivity contribution is -0.137. The molecule has 1 aliphatic heterocycles. The molecule has 1 heterocycles. The molecule has 0 aliphatic carbocycles. The molecule has 5 nitrogen and oxygen atoms in total. The summed E-state index contributed by atoms with van der Waals surface area (Å²) in [4.78, 5) is 24.7. The van der Waals surface area contributed by atoms with Gasteiger partial charge in [-0.3, -0.25) is 4.79 Å². The van der Waals surface area contributed by atoms with Crippen LogP contribution in [-0.2, 0) is 4.79 Å². The zero-order chi connectivity index (χ0) is 15.5. The van der Waals surface area contributed by atoms with Crippen LogP contribution in [0.1, 0.15) is 32.1 Å². The average molecular weight is 335 g/mol. The minimum absolute atomic E-state index is 0.0368. The third kappa shape index (κ3) is 7.85. The summed E-state index contributed by atoms with van der Waals surface area (Å²) in [6, 6.07) is -0.284. The molecule has 1 aliphatic rings. The van der Waals surface area contributed by atoms with Gasteiger partial charge < -0.3 is 15.3 Å². The number of carbonyl (C=O) groups is 2. The monoisotopic (exact) mass is 334 g/mol. The van der Waals surface area contributed by atoms with E-state index < -0.39 is 5.97 Å². The molecule has 0 bridgehead atoms. The number of nitrogens with one attached hydrogen (secondary N) is 1. The van der Waals surface area contributed by atoms with E-state index in [1.54, 1.807) is 16.7 Å². The molecule has 1 rings (SSSR count). The number of aliphatic carboxylic acids is 1. The van der Waals surface area contributed by atoms with Crippen LogP contribution in [0.3, 0.4) is 0 Å². The summed E-state index contributed by atoms with van der Waals surface area (Å²) in [5, 5.41) is 11.8. The number of carboxylic acid groups (broad SMARTS) is 1. The first-order valence-electron chi connectivity index (χ1n) is 7.48. The summed E-state index contributed by atoms with van der Waals surface area (Å²) in [6.45, 7) is 1.32. The Kier molecular flexibility index (Phi) is 9.74. The molecule has 0 spiro atoms. The Morgan fingerprint density at radius 3 is 2.81 bits per heavy atom. The van der Waals surface area contributed by atoms with Crippen molar-refractivity contribution in [2.45, 2.75) is 38.1 Å². The number of hydrogen-bond donors (Lipinski definition) is 2. The number of amides is 2. The van der Waals surface area contributed by atoms with Crippen LogP contribution in [0.4, 0.5) is 4.79 Å². The van der Waals surface area contributed by atoms with E-state index in [0.717, 1.165) is 18.6 Å². The van der Waals surface area contributed by atoms with Gasteiger partial charge in [0.05, 0.1) is 12.5 Å². The van der Waals surface area contributed by atoms with Gasteiger partial charge in [0.2, 0.25) is 0 Å². The van der Waals surface area contributed by atoms with Crippen molar-refractivity contribution < 1.29 is 14.7 Å². The lowest BCUT2D eigenvalue weighted by atomic mass is 10.2. The molecule has 0 radical (unpaired) electrons.